The number of nitrogens with one attached hydrogen (secondary N) is 2. The van der Waals surface area contributed by atoms with Crippen LogP contribution in [0.25, 0.3) is 10.9 Å². The van der Waals surface area contributed by atoms with Crippen LogP contribution in [-0.2, 0) is 16.0 Å². The molecule has 2 aliphatic rings. The van der Waals surface area contributed by atoms with E-state index in [-0.39, 0.29) is 17.4 Å². The van der Waals surface area contributed by atoms with E-state index in [2.05, 4.69) is 15.5 Å². The molecule has 1 heterocycles. The lowest BCUT2D eigenvalue weighted by molar-refractivity contribution is -0.175. The second kappa shape index (κ2) is 5.64. The SMILES string of the molecule is CCOC1CC(NC(=O)Cc2[nH]nc3ccccc23)C12CCC2. The summed E-state index contributed by atoms with van der Waals surface area (Å²) in [5, 5.41) is 11.5. The molecule has 2 unspecified atom stereocenters. The van der Waals surface area contributed by atoms with Crippen LogP contribution in [0.5, 0.6) is 0 Å². The fourth-order valence-corrected chi connectivity index (χ4v) is 4.20. The van der Waals surface area contributed by atoms with Gasteiger partial charge in [-0.25, -0.2) is 0 Å². The topological polar surface area (TPSA) is 67.0 Å². The number of ether oxygens (including phenoxy) is 1. The van der Waals surface area contributed by atoms with E-state index in [0.717, 1.165) is 29.6 Å². The second-order valence-corrected chi connectivity index (χ2v) is 6.78. The number of H-pyrrole nitrogens is 1. The number of aromatic amines is 1. The molecule has 2 aliphatic carbocycles. The first-order valence-electron chi connectivity index (χ1n) is 8.56. The lowest BCUT2D eigenvalue weighted by Gasteiger charge is -2.61. The molecule has 2 atom stereocenters. The summed E-state index contributed by atoms with van der Waals surface area (Å²) in [4.78, 5) is 12.4. The standard InChI is InChI=1S/C18H23N3O2/c1-2-23-16-11-15(18(16)8-5-9-18)19-17(22)10-14-12-6-3-4-7-13(12)20-21-14/h3-4,6-7,15-16H,2,5,8-11H2,1H3,(H,19,22)(H,20,21). The molecule has 2 fully saturated rings. The van der Waals surface area contributed by atoms with Gasteiger partial charge in [0.1, 0.15) is 0 Å². The number of carbonyl (C=O) groups is 1. The van der Waals surface area contributed by atoms with Crippen molar-refractivity contribution < 1.29 is 9.53 Å². The van der Waals surface area contributed by atoms with E-state index in [0.29, 0.717) is 12.5 Å². The van der Waals surface area contributed by atoms with Crippen LogP contribution in [0.1, 0.15) is 38.3 Å². The van der Waals surface area contributed by atoms with Gasteiger partial charge in [-0.05, 0) is 32.3 Å². The molecule has 0 aliphatic heterocycles. The zero-order valence-corrected chi connectivity index (χ0v) is 13.5. The molecule has 0 bridgehead atoms. The highest BCUT2D eigenvalue weighted by Gasteiger charge is 2.59. The zero-order chi connectivity index (χ0) is 15.9. The van der Waals surface area contributed by atoms with Crippen molar-refractivity contribution in [2.24, 2.45) is 5.41 Å². The monoisotopic (exact) mass is 313 g/mol. The van der Waals surface area contributed by atoms with Crippen LogP contribution in [-0.4, -0.2) is 34.9 Å². The molecule has 2 N–H and O–H groups in total. The molecule has 1 aromatic heterocycles. The summed E-state index contributed by atoms with van der Waals surface area (Å²) in [6, 6.07) is 8.16. The number of amides is 1. The van der Waals surface area contributed by atoms with E-state index in [9.17, 15) is 4.79 Å². The van der Waals surface area contributed by atoms with Crippen LogP contribution >= 0.6 is 0 Å². The van der Waals surface area contributed by atoms with Crippen LogP contribution in [0.4, 0.5) is 0 Å². The van der Waals surface area contributed by atoms with Gasteiger partial charge in [-0.15, -0.1) is 0 Å². The van der Waals surface area contributed by atoms with Gasteiger partial charge in [0.15, 0.2) is 0 Å². The molecule has 1 spiro atoms. The minimum absolute atomic E-state index is 0.0747. The summed E-state index contributed by atoms with van der Waals surface area (Å²) < 4.78 is 5.84. The summed E-state index contributed by atoms with van der Waals surface area (Å²) in [5.41, 5.74) is 2.01. The number of benzene rings is 1. The lowest BCUT2D eigenvalue weighted by Crippen LogP contribution is -2.67. The quantitative estimate of drug-likeness (QED) is 0.891. The predicted molar refractivity (Wildman–Crippen MR) is 88.0 cm³/mol. The molecule has 23 heavy (non-hydrogen) atoms. The number of rotatable bonds is 5. The van der Waals surface area contributed by atoms with Gasteiger partial charge in [0.05, 0.1) is 23.7 Å². The van der Waals surface area contributed by atoms with Crippen molar-refractivity contribution in [2.75, 3.05) is 6.61 Å². The van der Waals surface area contributed by atoms with Crippen molar-refractivity contribution >= 4 is 16.8 Å². The van der Waals surface area contributed by atoms with Crippen molar-refractivity contribution in [1.82, 2.24) is 15.5 Å². The molecule has 122 valence electrons. The Kier molecular flexibility index (Phi) is 3.60. The molecule has 4 rings (SSSR count). The highest BCUT2D eigenvalue weighted by Crippen LogP contribution is 2.57. The van der Waals surface area contributed by atoms with Crippen LogP contribution in [0, 0.1) is 5.41 Å². The molecule has 2 saturated carbocycles. The van der Waals surface area contributed by atoms with E-state index in [1.807, 2.05) is 31.2 Å². The third-order valence-electron chi connectivity index (χ3n) is 5.65. The van der Waals surface area contributed by atoms with E-state index < -0.39 is 0 Å². The van der Waals surface area contributed by atoms with Crippen molar-refractivity contribution in [2.45, 2.75) is 51.2 Å². The molecule has 0 radical (unpaired) electrons. The fraction of sp³-hybridized carbons (Fsp3) is 0.556. The molecule has 2 aromatic rings. The number of hydrogen-bond acceptors (Lipinski definition) is 3. The molecule has 0 saturated heterocycles. The van der Waals surface area contributed by atoms with E-state index in [4.69, 9.17) is 4.74 Å². The Morgan fingerprint density at radius 3 is 3.00 bits per heavy atom. The van der Waals surface area contributed by atoms with Crippen molar-refractivity contribution in [3.63, 3.8) is 0 Å². The Labute approximate surface area is 135 Å². The lowest BCUT2D eigenvalue weighted by atomic mass is 9.51. The van der Waals surface area contributed by atoms with Gasteiger partial charge < -0.3 is 10.1 Å². The second-order valence-electron chi connectivity index (χ2n) is 6.78. The summed E-state index contributed by atoms with van der Waals surface area (Å²) in [6.45, 7) is 2.80. The Balaban J connectivity index is 1.41. The van der Waals surface area contributed by atoms with Crippen LogP contribution in [0.3, 0.4) is 0 Å². The zero-order valence-electron chi connectivity index (χ0n) is 13.5. The van der Waals surface area contributed by atoms with E-state index in [1.54, 1.807) is 0 Å². The molecule has 5 nitrogen and oxygen atoms in total. The van der Waals surface area contributed by atoms with Crippen LogP contribution in [0.15, 0.2) is 24.3 Å². The van der Waals surface area contributed by atoms with Gasteiger partial charge in [-0.1, -0.05) is 24.6 Å². The molecule has 1 aromatic carbocycles. The van der Waals surface area contributed by atoms with Crippen LogP contribution in [0.2, 0.25) is 0 Å². The van der Waals surface area contributed by atoms with E-state index >= 15 is 0 Å². The van der Waals surface area contributed by atoms with Crippen molar-refractivity contribution in [1.29, 1.82) is 0 Å². The number of aromatic nitrogens is 2. The molecular weight excluding hydrogens is 290 g/mol. The van der Waals surface area contributed by atoms with Gasteiger partial charge >= 0.3 is 0 Å². The number of para-hydroxylation sites is 1. The Morgan fingerprint density at radius 2 is 2.26 bits per heavy atom. The van der Waals surface area contributed by atoms with Crippen LogP contribution < -0.4 is 5.32 Å². The number of hydrogen-bond donors (Lipinski definition) is 2. The number of carbonyl (C=O) groups excluding carboxylic acids is 1. The highest BCUT2D eigenvalue weighted by atomic mass is 16.5. The van der Waals surface area contributed by atoms with Gasteiger partial charge in [0.25, 0.3) is 0 Å². The number of nitrogens with zero attached hydrogens (tertiary/aromatic N) is 1. The average molecular weight is 313 g/mol. The normalized spacial score (nSPS) is 25.1. The minimum Gasteiger partial charge on any atom is -0.378 e. The molecule has 1 amide bonds. The number of fused-ring (bicyclic) bond motifs is 1. The largest absolute Gasteiger partial charge is 0.378 e. The maximum atomic E-state index is 12.4. The Morgan fingerprint density at radius 1 is 1.43 bits per heavy atom. The summed E-state index contributed by atoms with van der Waals surface area (Å²) in [5.74, 6) is 0.0747. The average Bonchev–Trinajstić information content (AvgIpc) is 2.88. The first kappa shape index (κ1) is 14.7. The van der Waals surface area contributed by atoms with Gasteiger partial charge in [-0.3, -0.25) is 9.89 Å². The Bertz CT molecular complexity index is 720. The summed E-state index contributed by atoms with van der Waals surface area (Å²) >= 11 is 0. The summed E-state index contributed by atoms with van der Waals surface area (Å²) in [7, 11) is 0. The fourth-order valence-electron chi connectivity index (χ4n) is 4.20. The van der Waals surface area contributed by atoms with E-state index in [1.165, 1.54) is 19.3 Å². The van der Waals surface area contributed by atoms with Gasteiger partial charge in [-0.2, -0.15) is 5.10 Å². The first-order valence-corrected chi connectivity index (χ1v) is 8.56. The highest BCUT2D eigenvalue weighted by molar-refractivity contribution is 5.87. The van der Waals surface area contributed by atoms with Gasteiger partial charge in [0, 0.05) is 23.4 Å². The smallest absolute Gasteiger partial charge is 0.226 e. The Hall–Kier alpha value is -1.88. The van der Waals surface area contributed by atoms with Crippen molar-refractivity contribution in [3.05, 3.63) is 30.0 Å². The van der Waals surface area contributed by atoms with Crippen molar-refractivity contribution in [3.8, 4) is 0 Å². The molecular formula is C18H23N3O2. The maximum Gasteiger partial charge on any atom is 0.226 e. The minimum atomic E-state index is 0.0747. The third kappa shape index (κ3) is 2.34. The predicted octanol–water partition coefficient (Wildman–Crippen LogP) is 2.57. The first-order chi connectivity index (χ1) is 11.2. The maximum absolute atomic E-state index is 12.4. The molecule has 5 heteroatoms. The summed E-state index contributed by atoms with van der Waals surface area (Å²) in [6.07, 6.45) is 5.24. The third-order valence-corrected chi connectivity index (χ3v) is 5.65. The van der Waals surface area contributed by atoms with Gasteiger partial charge in [0.2, 0.25) is 5.91 Å².